The first-order valence-electron chi connectivity index (χ1n) is 6.00. The summed E-state index contributed by atoms with van der Waals surface area (Å²) >= 11 is 5.96. The van der Waals surface area contributed by atoms with Crippen LogP contribution >= 0.6 is 11.6 Å². The lowest BCUT2D eigenvalue weighted by Crippen LogP contribution is -1.85. The van der Waals surface area contributed by atoms with Crippen LogP contribution in [0.1, 0.15) is 0 Å². The minimum Gasteiger partial charge on any atom is -0.424 e. The van der Waals surface area contributed by atoms with E-state index in [0.717, 1.165) is 22.2 Å². The molecule has 0 radical (unpaired) electrons. The third-order valence-electron chi connectivity index (χ3n) is 3.20. The molecule has 0 aliphatic carbocycles. The van der Waals surface area contributed by atoms with Crippen molar-refractivity contribution >= 4 is 34.2 Å². The molecular weight excluding hydrogens is 276 g/mol. The highest BCUT2D eigenvalue weighted by molar-refractivity contribution is 6.30. The van der Waals surface area contributed by atoms with Crippen molar-refractivity contribution in [3.63, 3.8) is 0 Å². The number of nitrogens with zero attached hydrogens (tertiary/aromatic N) is 3. The SMILES string of the molecule is Nc1nc2ccc(-c3cnn4cc(Cl)ccc34)cc2o1. The summed E-state index contributed by atoms with van der Waals surface area (Å²) in [5, 5.41) is 4.95. The van der Waals surface area contributed by atoms with Crippen molar-refractivity contribution in [1.29, 1.82) is 0 Å². The number of anilines is 1. The number of halogens is 1. The van der Waals surface area contributed by atoms with Crippen molar-refractivity contribution < 1.29 is 4.42 Å². The summed E-state index contributed by atoms with van der Waals surface area (Å²) in [6.45, 7) is 0. The number of nitrogens with two attached hydrogens (primary N) is 1. The third kappa shape index (κ3) is 1.64. The summed E-state index contributed by atoms with van der Waals surface area (Å²) in [5.74, 6) is 0. The molecule has 0 spiro atoms. The molecule has 20 heavy (non-hydrogen) atoms. The van der Waals surface area contributed by atoms with Gasteiger partial charge in [-0.2, -0.15) is 10.1 Å². The molecule has 0 aliphatic heterocycles. The van der Waals surface area contributed by atoms with Crippen molar-refractivity contribution in [1.82, 2.24) is 14.6 Å². The molecule has 0 aliphatic rings. The lowest BCUT2D eigenvalue weighted by Gasteiger charge is -1.99. The van der Waals surface area contributed by atoms with Gasteiger partial charge in [0.2, 0.25) is 0 Å². The van der Waals surface area contributed by atoms with Gasteiger partial charge in [-0.25, -0.2) is 4.52 Å². The van der Waals surface area contributed by atoms with Crippen LogP contribution in [-0.2, 0) is 0 Å². The topological polar surface area (TPSA) is 69.3 Å². The van der Waals surface area contributed by atoms with Gasteiger partial charge in [0.15, 0.2) is 5.58 Å². The molecule has 98 valence electrons. The van der Waals surface area contributed by atoms with Crippen LogP contribution in [0.2, 0.25) is 5.02 Å². The van der Waals surface area contributed by atoms with E-state index in [1.807, 2.05) is 30.3 Å². The van der Waals surface area contributed by atoms with Gasteiger partial charge in [0.1, 0.15) is 5.52 Å². The number of benzene rings is 1. The monoisotopic (exact) mass is 284 g/mol. The molecule has 0 fully saturated rings. The Balaban J connectivity index is 1.95. The van der Waals surface area contributed by atoms with Crippen molar-refractivity contribution in [2.45, 2.75) is 0 Å². The summed E-state index contributed by atoms with van der Waals surface area (Å²) in [7, 11) is 0. The first-order valence-corrected chi connectivity index (χ1v) is 6.38. The van der Waals surface area contributed by atoms with Crippen molar-refractivity contribution in [3.05, 3.63) is 47.7 Å². The van der Waals surface area contributed by atoms with E-state index in [1.54, 1.807) is 16.9 Å². The van der Waals surface area contributed by atoms with Crippen molar-refractivity contribution in [2.75, 3.05) is 5.73 Å². The van der Waals surface area contributed by atoms with Gasteiger partial charge in [-0.05, 0) is 29.8 Å². The van der Waals surface area contributed by atoms with Crippen LogP contribution in [-0.4, -0.2) is 14.6 Å². The Labute approximate surface area is 118 Å². The Kier molecular flexibility index (Phi) is 2.25. The summed E-state index contributed by atoms with van der Waals surface area (Å²) < 4.78 is 7.10. The maximum atomic E-state index is 5.96. The molecule has 0 saturated heterocycles. The van der Waals surface area contributed by atoms with Gasteiger partial charge in [0, 0.05) is 11.8 Å². The number of hydrogen-bond acceptors (Lipinski definition) is 4. The largest absolute Gasteiger partial charge is 0.424 e. The second kappa shape index (κ2) is 3.98. The van der Waals surface area contributed by atoms with Gasteiger partial charge < -0.3 is 10.2 Å². The zero-order valence-corrected chi connectivity index (χ0v) is 11.0. The smallest absolute Gasteiger partial charge is 0.292 e. The Morgan fingerprint density at radius 1 is 1.20 bits per heavy atom. The average molecular weight is 285 g/mol. The molecule has 3 heterocycles. The first kappa shape index (κ1) is 11.3. The summed E-state index contributed by atoms with van der Waals surface area (Å²) in [6.07, 6.45) is 3.57. The predicted molar refractivity (Wildman–Crippen MR) is 77.6 cm³/mol. The van der Waals surface area contributed by atoms with Crippen LogP contribution in [0, 0.1) is 0 Å². The van der Waals surface area contributed by atoms with E-state index in [4.69, 9.17) is 21.8 Å². The zero-order valence-electron chi connectivity index (χ0n) is 10.2. The number of rotatable bonds is 1. The van der Waals surface area contributed by atoms with Gasteiger partial charge in [0.05, 0.1) is 16.7 Å². The van der Waals surface area contributed by atoms with Crippen LogP contribution in [0.4, 0.5) is 6.01 Å². The Bertz CT molecular complexity index is 941. The minimum atomic E-state index is 0.170. The number of oxazole rings is 1. The van der Waals surface area contributed by atoms with Crippen molar-refractivity contribution in [2.24, 2.45) is 0 Å². The van der Waals surface area contributed by atoms with E-state index < -0.39 is 0 Å². The molecular formula is C14H9ClN4O. The molecule has 6 heteroatoms. The van der Waals surface area contributed by atoms with E-state index in [9.17, 15) is 0 Å². The first-order chi connectivity index (χ1) is 9.70. The van der Waals surface area contributed by atoms with Crippen LogP contribution < -0.4 is 5.73 Å². The number of fused-ring (bicyclic) bond motifs is 2. The van der Waals surface area contributed by atoms with Gasteiger partial charge in [0.25, 0.3) is 6.01 Å². The van der Waals surface area contributed by atoms with Gasteiger partial charge in [-0.1, -0.05) is 17.7 Å². The van der Waals surface area contributed by atoms with Gasteiger partial charge in [-0.3, -0.25) is 0 Å². The highest BCUT2D eigenvalue weighted by Gasteiger charge is 2.10. The quantitative estimate of drug-likeness (QED) is 0.582. The van der Waals surface area contributed by atoms with E-state index in [2.05, 4.69) is 10.1 Å². The lowest BCUT2D eigenvalue weighted by molar-refractivity contribution is 0.626. The summed E-state index contributed by atoms with van der Waals surface area (Å²) in [4.78, 5) is 4.08. The number of hydrogen-bond donors (Lipinski definition) is 1. The number of aromatic nitrogens is 3. The highest BCUT2D eigenvalue weighted by Crippen LogP contribution is 2.29. The fourth-order valence-corrected chi connectivity index (χ4v) is 2.45. The second-order valence-electron chi connectivity index (χ2n) is 4.47. The van der Waals surface area contributed by atoms with Crippen LogP contribution in [0.5, 0.6) is 0 Å². The maximum absolute atomic E-state index is 5.96. The summed E-state index contributed by atoms with van der Waals surface area (Å²) in [6, 6.07) is 9.70. The van der Waals surface area contributed by atoms with Crippen LogP contribution in [0.3, 0.4) is 0 Å². The molecule has 0 bridgehead atoms. The highest BCUT2D eigenvalue weighted by atomic mass is 35.5. The number of pyridine rings is 1. The second-order valence-corrected chi connectivity index (χ2v) is 4.91. The molecule has 0 atom stereocenters. The Morgan fingerprint density at radius 2 is 2.10 bits per heavy atom. The maximum Gasteiger partial charge on any atom is 0.292 e. The number of nitrogen functional groups attached to an aromatic ring is 1. The molecule has 1 aromatic carbocycles. The molecule has 3 aromatic heterocycles. The minimum absolute atomic E-state index is 0.170. The third-order valence-corrected chi connectivity index (χ3v) is 3.42. The van der Waals surface area contributed by atoms with Gasteiger partial charge in [-0.15, -0.1) is 0 Å². The van der Waals surface area contributed by atoms with E-state index in [-0.39, 0.29) is 6.01 Å². The molecule has 4 rings (SSSR count). The molecule has 0 unspecified atom stereocenters. The van der Waals surface area contributed by atoms with E-state index >= 15 is 0 Å². The van der Waals surface area contributed by atoms with Crippen LogP contribution in [0.25, 0.3) is 27.7 Å². The Morgan fingerprint density at radius 3 is 3.00 bits per heavy atom. The molecule has 0 amide bonds. The average Bonchev–Trinajstić information content (AvgIpc) is 2.99. The lowest BCUT2D eigenvalue weighted by atomic mass is 10.1. The van der Waals surface area contributed by atoms with Crippen LogP contribution in [0.15, 0.2) is 47.1 Å². The molecule has 4 aromatic rings. The van der Waals surface area contributed by atoms with Crippen molar-refractivity contribution in [3.8, 4) is 11.1 Å². The molecule has 0 saturated carbocycles. The summed E-state index contributed by atoms with van der Waals surface area (Å²) in [5.41, 5.74) is 9.92. The van der Waals surface area contributed by atoms with E-state index in [1.165, 1.54) is 0 Å². The standard InChI is InChI=1S/C14H9ClN4O/c15-9-2-4-12-10(6-17-19(12)7-9)8-1-3-11-13(5-8)20-14(16)18-11/h1-7H,(H2,16,18). The van der Waals surface area contributed by atoms with E-state index in [0.29, 0.717) is 10.6 Å². The Hall–Kier alpha value is -2.53. The fraction of sp³-hybridized carbons (Fsp3) is 0. The molecule has 5 nitrogen and oxygen atoms in total. The van der Waals surface area contributed by atoms with Gasteiger partial charge >= 0.3 is 0 Å². The normalized spacial score (nSPS) is 11.4. The molecule has 2 N–H and O–H groups in total. The fourth-order valence-electron chi connectivity index (χ4n) is 2.29. The zero-order chi connectivity index (χ0) is 13.7. The predicted octanol–water partition coefficient (Wildman–Crippen LogP) is 3.38.